The van der Waals surface area contributed by atoms with Crippen LogP contribution in [0.25, 0.3) is 0 Å². The van der Waals surface area contributed by atoms with Gasteiger partial charge in [0.15, 0.2) is 0 Å². The lowest BCUT2D eigenvalue weighted by Crippen LogP contribution is -2.26. The van der Waals surface area contributed by atoms with Crippen LogP contribution in [-0.2, 0) is 4.79 Å². The smallest absolute Gasteiger partial charge is 0.296 e. The summed E-state index contributed by atoms with van der Waals surface area (Å²) in [4.78, 5) is 12.2. The second kappa shape index (κ2) is 5.84. The van der Waals surface area contributed by atoms with Crippen LogP contribution >= 0.6 is 39.1 Å². The standard InChI is InChI=1S/C5H4BrCl2NO/c6-2-1-5(10)9-3-4(7)8/h4H,3H2,(H,9,10). The fourth-order valence-corrected chi connectivity index (χ4v) is 0.591. The van der Waals surface area contributed by atoms with E-state index in [1.165, 1.54) is 0 Å². The van der Waals surface area contributed by atoms with Crippen LogP contribution in [0.4, 0.5) is 0 Å². The highest BCUT2D eigenvalue weighted by atomic mass is 79.9. The number of carbonyl (C=O) groups is 1. The van der Waals surface area contributed by atoms with Crippen molar-refractivity contribution in [2.45, 2.75) is 4.84 Å². The van der Waals surface area contributed by atoms with E-state index in [0.717, 1.165) is 0 Å². The maximum absolute atomic E-state index is 10.5. The third kappa shape index (κ3) is 6.21. The van der Waals surface area contributed by atoms with Crippen LogP contribution in [0.5, 0.6) is 0 Å². The monoisotopic (exact) mass is 243 g/mol. The molecule has 0 aromatic carbocycles. The van der Waals surface area contributed by atoms with Gasteiger partial charge in [0, 0.05) is 28.4 Å². The van der Waals surface area contributed by atoms with Crippen LogP contribution in [0.15, 0.2) is 0 Å². The number of carbonyl (C=O) groups excluding carboxylic acids is 1. The molecule has 5 heteroatoms. The quantitative estimate of drug-likeness (QED) is 0.575. The molecule has 10 heavy (non-hydrogen) atoms. The summed E-state index contributed by atoms with van der Waals surface area (Å²) in [5.41, 5.74) is 0. The molecule has 0 spiro atoms. The van der Waals surface area contributed by atoms with E-state index in [-0.39, 0.29) is 6.54 Å². The number of alkyl halides is 2. The Bertz CT molecular complexity index is 172. The van der Waals surface area contributed by atoms with Crippen LogP contribution in [0.1, 0.15) is 0 Å². The van der Waals surface area contributed by atoms with Crippen LogP contribution in [0.3, 0.4) is 0 Å². The minimum absolute atomic E-state index is 0.212. The van der Waals surface area contributed by atoms with Gasteiger partial charge in [0.05, 0.1) is 0 Å². The fourth-order valence-electron chi connectivity index (χ4n) is 0.257. The highest BCUT2D eigenvalue weighted by molar-refractivity contribution is 9.12. The molecule has 1 amide bonds. The highest BCUT2D eigenvalue weighted by Crippen LogP contribution is 1.97. The first-order valence-corrected chi connectivity index (χ1v) is 4.01. The molecule has 0 aliphatic heterocycles. The second-order valence-corrected chi connectivity index (χ2v) is 2.99. The maximum Gasteiger partial charge on any atom is 0.296 e. The summed E-state index contributed by atoms with van der Waals surface area (Å²) in [6.07, 6.45) is 0. The van der Waals surface area contributed by atoms with Crippen molar-refractivity contribution in [3.63, 3.8) is 0 Å². The van der Waals surface area contributed by atoms with Gasteiger partial charge in [-0.05, 0) is 4.83 Å². The fraction of sp³-hybridized carbons (Fsp3) is 0.400. The van der Waals surface area contributed by atoms with E-state index in [9.17, 15) is 4.79 Å². The van der Waals surface area contributed by atoms with Crippen molar-refractivity contribution in [3.05, 3.63) is 0 Å². The van der Waals surface area contributed by atoms with Gasteiger partial charge in [-0.3, -0.25) is 4.79 Å². The van der Waals surface area contributed by atoms with Crippen molar-refractivity contribution < 1.29 is 4.79 Å². The largest absolute Gasteiger partial charge is 0.343 e. The molecule has 0 heterocycles. The Labute approximate surface area is 77.4 Å². The average Bonchev–Trinajstić information content (AvgIpc) is 1.85. The number of halogens is 3. The zero-order chi connectivity index (χ0) is 7.98. The number of hydrogen-bond donors (Lipinski definition) is 1. The normalized spacial score (nSPS) is 8.40. The molecule has 56 valence electrons. The Morgan fingerprint density at radius 2 is 2.30 bits per heavy atom. The summed E-state index contributed by atoms with van der Waals surface area (Å²) < 4.78 is 0. The molecule has 0 aliphatic carbocycles. The van der Waals surface area contributed by atoms with Gasteiger partial charge in [-0.25, -0.2) is 0 Å². The molecule has 0 atom stereocenters. The van der Waals surface area contributed by atoms with Crippen LogP contribution in [-0.4, -0.2) is 17.3 Å². The predicted molar refractivity (Wildman–Crippen MR) is 45.2 cm³/mol. The minimum Gasteiger partial charge on any atom is -0.343 e. The molecular weight excluding hydrogens is 241 g/mol. The first-order chi connectivity index (χ1) is 4.66. The van der Waals surface area contributed by atoms with Gasteiger partial charge in [0.1, 0.15) is 4.84 Å². The average molecular weight is 245 g/mol. The third-order valence-electron chi connectivity index (χ3n) is 0.578. The van der Waals surface area contributed by atoms with Crippen molar-refractivity contribution in [2.24, 2.45) is 0 Å². The summed E-state index contributed by atoms with van der Waals surface area (Å²) in [6, 6.07) is 0. The SMILES string of the molecule is O=C(C#CBr)NCC(Cl)Cl. The molecule has 2 nitrogen and oxygen atoms in total. The molecule has 0 radical (unpaired) electrons. The maximum atomic E-state index is 10.5. The zero-order valence-corrected chi connectivity index (χ0v) is 7.92. The Hall–Kier alpha value is 0.0900. The van der Waals surface area contributed by atoms with E-state index in [0.29, 0.717) is 0 Å². The minimum atomic E-state index is -0.582. The number of hydrogen-bond acceptors (Lipinski definition) is 1. The Kier molecular flexibility index (Phi) is 5.90. The van der Waals surface area contributed by atoms with Crippen LogP contribution in [0, 0.1) is 10.8 Å². The van der Waals surface area contributed by atoms with E-state index in [4.69, 9.17) is 23.2 Å². The lowest BCUT2D eigenvalue weighted by Gasteiger charge is -1.98. The molecular formula is C5H4BrCl2NO. The van der Waals surface area contributed by atoms with Crippen molar-refractivity contribution in [1.82, 2.24) is 5.32 Å². The van der Waals surface area contributed by atoms with E-state index in [1.807, 2.05) is 0 Å². The van der Waals surface area contributed by atoms with Gasteiger partial charge in [-0.1, -0.05) is 0 Å². The van der Waals surface area contributed by atoms with E-state index in [2.05, 4.69) is 32.0 Å². The molecule has 0 bridgehead atoms. The molecule has 0 aliphatic rings. The lowest BCUT2D eigenvalue weighted by atomic mass is 10.6. The van der Waals surface area contributed by atoms with Gasteiger partial charge in [0.25, 0.3) is 5.91 Å². The van der Waals surface area contributed by atoms with Gasteiger partial charge >= 0.3 is 0 Å². The van der Waals surface area contributed by atoms with Crippen molar-refractivity contribution in [3.8, 4) is 10.8 Å². The Morgan fingerprint density at radius 3 is 2.70 bits per heavy atom. The second-order valence-electron chi connectivity index (χ2n) is 1.32. The summed E-state index contributed by atoms with van der Waals surface area (Å²) in [6.45, 7) is 0.212. The first-order valence-electron chi connectivity index (χ1n) is 2.34. The van der Waals surface area contributed by atoms with Crippen molar-refractivity contribution >= 4 is 45.0 Å². The molecule has 0 saturated heterocycles. The Morgan fingerprint density at radius 1 is 1.70 bits per heavy atom. The van der Waals surface area contributed by atoms with Crippen molar-refractivity contribution in [2.75, 3.05) is 6.54 Å². The van der Waals surface area contributed by atoms with Crippen LogP contribution < -0.4 is 5.32 Å². The van der Waals surface area contributed by atoms with Gasteiger partial charge in [0.2, 0.25) is 0 Å². The van der Waals surface area contributed by atoms with Gasteiger partial charge in [-0.2, -0.15) is 0 Å². The summed E-state index contributed by atoms with van der Waals surface area (Å²) >= 11 is 13.4. The van der Waals surface area contributed by atoms with Crippen LogP contribution in [0.2, 0.25) is 0 Å². The molecule has 1 N–H and O–H groups in total. The number of rotatable bonds is 2. The predicted octanol–water partition coefficient (Wildman–Crippen LogP) is 1.26. The topological polar surface area (TPSA) is 29.1 Å². The first kappa shape index (κ1) is 10.1. The summed E-state index contributed by atoms with van der Waals surface area (Å²) in [7, 11) is 0. The molecule has 0 rings (SSSR count). The Balaban J connectivity index is 3.47. The summed E-state index contributed by atoms with van der Waals surface area (Å²) in [5, 5.41) is 2.38. The molecule has 0 aromatic rings. The third-order valence-corrected chi connectivity index (χ3v) is 1.08. The van der Waals surface area contributed by atoms with Gasteiger partial charge in [-0.15, -0.1) is 23.2 Å². The summed E-state index contributed by atoms with van der Waals surface area (Å²) in [5.74, 6) is 1.80. The molecule has 0 aromatic heterocycles. The molecule has 0 fully saturated rings. The van der Waals surface area contributed by atoms with E-state index < -0.39 is 10.7 Å². The lowest BCUT2D eigenvalue weighted by molar-refractivity contribution is -0.115. The number of amides is 1. The van der Waals surface area contributed by atoms with E-state index >= 15 is 0 Å². The molecule has 0 unspecified atom stereocenters. The molecule has 0 saturated carbocycles. The van der Waals surface area contributed by atoms with Gasteiger partial charge < -0.3 is 5.32 Å². The zero-order valence-electron chi connectivity index (χ0n) is 4.83. The highest BCUT2D eigenvalue weighted by Gasteiger charge is 1.99. The number of nitrogens with one attached hydrogen (secondary N) is 1. The van der Waals surface area contributed by atoms with E-state index in [1.54, 1.807) is 0 Å². The van der Waals surface area contributed by atoms with Crippen molar-refractivity contribution in [1.29, 1.82) is 0 Å².